The van der Waals surface area contributed by atoms with Gasteiger partial charge >= 0.3 is 0 Å². The van der Waals surface area contributed by atoms with E-state index in [1.54, 1.807) is 0 Å². The lowest BCUT2D eigenvalue weighted by atomic mass is 9.86. The Morgan fingerprint density at radius 1 is 0.659 bits per heavy atom. The molecule has 2 aromatic heterocycles. The summed E-state index contributed by atoms with van der Waals surface area (Å²) in [7, 11) is 0. The van der Waals surface area contributed by atoms with Gasteiger partial charge in [-0.1, -0.05) is 106 Å². The Morgan fingerprint density at radius 2 is 1.22 bits per heavy atom. The second-order valence-electron chi connectivity index (χ2n) is 11.3. The van der Waals surface area contributed by atoms with E-state index >= 15 is 0 Å². The van der Waals surface area contributed by atoms with Crippen molar-refractivity contribution in [3.05, 3.63) is 139 Å². The molecule has 0 N–H and O–H groups in total. The fourth-order valence-electron chi connectivity index (χ4n) is 5.46. The number of allylic oxidation sites excluding steroid dienone is 2. The third-order valence-corrected chi connectivity index (χ3v) is 7.63. The number of fused-ring (bicyclic) bond motifs is 1. The predicted molar refractivity (Wildman–Crippen MR) is 172 cm³/mol. The Balaban J connectivity index is 1.45. The van der Waals surface area contributed by atoms with Gasteiger partial charge in [-0.15, -0.1) is 10.2 Å². The van der Waals surface area contributed by atoms with Crippen LogP contribution < -0.4 is 0 Å². The van der Waals surface area contributed by atoms with E-state index in [9.17, 15) is 0 Å². The van der Waals surface area contributed by atoms with Crippen LogP contribution in [-0.2, 0) is 5.41 Å². The number of rotatable bonds is 6. The highest BCUT2D eigenvalue weighted by atomic mass is 15.3. The van der Waals surface area contributed by atoms with Gasteiger partial charge in [0.25, 0.3) is 0 Å². The van der Waals surface area contributed by atoms with E-state index in [0.29, 0.717) is 0 Å². The summed E-state index contributed by atoms with van der Waals surface area (Å²) in [6, 6.07) is 36.1. The summed E-state index contributed by atoms with van der Waals surface area (Å²) in [6.07, 6.45) is 5.94. The standard InChI is InChI=1S/C37H34N4/c1-6-7-15-32-26(2)40(34-17-12-11-16-33(32)34)31-24-20-28(21-25-31)36-39-38-35(41(36)30-13-9-8-10-14-30)27-18-22-29(23-19-27)37(3,4)5/h6-25H,1H2,2-5H3/b15-7-. The molecule has 0 bridgehead atoms. The molecule has 0 aliphatic rings. The molecule has 0 unspecified atom stereocenters. The van der Waals surface area contributed by atoms with Gasteiger partial charge in [-0.3, -0.25) is 4.57 Å². The van der Waals surface area contributed by atoms with Crippen LogP contribution in [0.3, 0.4) is 0 Å². The number of aromatic nitrogens is 4. The molecule has 2 heterocycles. The van der Waals surface area contributed by atoms with Gasteiger partial charge in [-0.05, 0) is 60.4 Å². The maximum atomic E-state index is 4.71. The number of para-hydroxylation sites is 2. The SMILES string of the molecule is C=C/C=C\c1c(C)n(-c2ccc(-c3nnc(-c4ccc(C(C)(C)C)cc4)n3-c3ccccc3)cc2)c2ccccc12. The minimum absolute atomic E-state index is 0.0879. The van der Waals surface area contributed by atoms with Gasteiger partial charge in [0.15, 0.2) is 11.6 Å². The zero-order chi connectivity index (χ0) is 28.6. The second kappa shape index (κ2) is 10.5. The van der Waals surface area contributed by atoms with E-state index in [2.05, 4.69) is 134 Å². The molecule has 0 saturated heterocycles. The van der Waals surface area contributed by atoms with E-state index < -0.39 is 0 Å². The van der Waals surface area contributed by atoms with E-state index in [0.717, 1.165) is 34.2 Å². The molecule has 4 aromatic carbocycles. The van der Waals surface area contributed by atoms with Crippen LogP contribution in [0.15, 0.2) is 122 Å². The quantitative estimate of drug-likeness (QED) is 0.200. The highest BCUT2D eigenvalue weighted by Gasteiger charge is 2.20. The summed E-state index contributed by atoms with van der Waals surface area (Å²) in [5.41, 5.74) is 9.11. The predicted octanol–water partition coefficient (Wildman–Crippen LogP) is 9.35. The lowest BCUT2D eigenvalue weighted by molar-refractivity contribution is 0.590. The van der Waals surface area contributed by atoms with Gasteiger partial charge in [0, 0.05) is 39.1 Å². The van der Waals surface area contributed by atoms with Gasteiger partial charge in [-0.2, -0.15) is 0 Å². The Morgan fingerprint density at radius 3 is 1.83 bits per heavy atom. The van der Waals surface area contributed by atoms with E-state index in [1.165, 1.54) is 27.7 Å². The molecule has 0 saturated carbocycles. The molecule has 0 atom stereocenters. The molecule has 4 heteroatoms. The smallest absolute Gasteiger partial charge is 0.168 e. The Kier molecular flexibility index (Phi) is 6.76. The lowest BCUT2D eigenvalue weighted by Crippen LogP contribution is -2.10. The first-order valence-electron chi connectivity index (χ1n) is 14.0. The summed E-state index contributed by atoms with van der Waals surface area (Å²) in [6.45, 7) is 12.7. The number of hydrogen-bond donors (Lipinski definition) is 0. The van der Waals surface area contributed by atoms with E-state index in [4.69, 9.17) is 10.2 Å². The first-order valence-corrected chi connectivity index (χ1v) is 14.0. The average Bonchev–Trinajstić information content (AvgIpc) is 3.55. The Hall–Kier alpha value is -4.96. The highest BCUT2D eigenvalue weighted by Crippen LogP contribution is 2.33. The molecule has 4 nitrogen and oxygen atoms in total. The second-order valence-corrected chi connectivity index (χ2v) is 11.3. The third-order valence-electron chi connectivity index (χ3n) is 7.63. The minimum Gasteiger partial charge on any atom is -0.313 e. The fourth-order valence-corrected chi connectivity index (χ4v) is 5.46. The zero-order valence-electron chi connectivity index (χ0n) is 24.0. The van der Waals surface area contributed by atoms with Crippen molar-refractivity contribution in [1.29, 1.82) is 0 Å². The molecule has 0 radical (unpaired) electrons. The van der Waals surface area contributed by atoms with Crippen LogP contribution in [0.5, 0.6) is 0 Å². The third kappa shape index (κ3) is 4.82. The molecule has 0 amide bonds. The van der Waals surface area contributed by atoms with Gasteiger partial charge in [0.05, 0.1) is 5.52 Å². The van der Waals surface area contributed by atoms with Crippen LogP contribution in [0.25, 0.3) is 51.1 Å². The normalized spacial score (nSPS) is 11.9. The Labute approximate surface area is 241 Å². The zero-order valence-corrected chi connectivity index (χ0v) is 24.0. The molecular formula is C37H34N4. The number of nitrogens with zero attached hydrogens (tertiary/aromatic N) is 4. The van der Waals surface area contributed by atoms with Crippen molar-refractivity contribution in [2.24, 2.45) is 0 Å². The first-order chi connectivity index (χ1) is 19.9. The van der Waals surface area contributed by atoms with Gasteiger partial charge in [0.1, 0.15) is 0 Å². The molecule has 202 valence electrons. The van der Waals surface area contributed by atoms with Crippen LogP contribution in [0.2, 0.25) is 0 Å². The molecular weight excluding hydrogens is 500 g/mol. The van der Waals surface area contributed by atoms with Crippen LogP contribution in [0.1, 0.15) is 37.6 Å². The van der Waals surface area contributed by atoms with Crippen molar-refractivity contribution in [2.75, 3.05) is 0 Å². The van der Waals surface area contributed by atoms with Crippen LogP contribution >= 0.6 is 0 Å². The lowest BCUT2D eigenvalue weighted by Gasteiger charge is -2.19. The van der Waals surface area contributed by atoms with Gasteiger partial charge < -0.3 is 4.57 Å². The average molecular weight is 535 g/mol. The van der Waals surface area contributed by atoms with Crippen molar-refractivity contribution in [3.8, 4) is 34.2 Å². The van der Waals surface area contributed by atoms with Crippen molar-refractivity contribution >= 4 is 17.0 Å². The maximum Gasteiger partial charge on any atom is 0.168 e. The highest BCUT2D eigenvalue weighted by molar-refractivity contribution is 5.93. The molecule has 6 rings (SSSR count). The summed E-state index contributed by atoms with van der Waals surface area (Å²) in [5.74, 6) is 1.63. The molecule has 0 spiro atoms. The summed E-state index contributed by atoms with van der Waals surface area (Å²) in [5, 5.41) is 10.6. The number of hydrogen-bond acceptors (Lipinski definition) is 2. The molecule has 0 aliphatic carbocycles. The van der Waals surface area contributed by atoms with Crippen molar-refractivity contribution in [1.82, 2.24) is 19.3 Å². The van der Waals surface area contributed by atoms with Crippen LogP contribution in [-0.4, -0.2) is 19.3 Å². The Bertz CT molecular complexity index is 1860. The van der Waals surface area contributed by atoms with Crippen molar-refractivity contribution < 1.29 is 0 Å². The molecule has 0 aliphatic heterocycles. The number of benzene rings is 4. The maximum absolute atomic E-state index is 4.71. The van der Waals surface area contributed by atoms with Gasteiger partial charge in [-0.25, -0.2) is 0 Å². The van der Waals surface area contributed by atoms with Crippen LogP contribution in [0.4, 0.5) is 0 Å². The molecule has 6 aromatic rings. The van der Waals surface area contributed by atoms with Crippen LogP contribution in [0, 0.1) is 6.92 Å². The topological polar surface area (TPSA) is 35.6 Å². The van der Waals surface area contributed by atoms with Crippen molar-refractivity contribution in [3.63, 3.8) is 0 Å². The summed E-state index contributed by atoms with van der Waals surface area (Å²) >= 11 is 0. The minimum atomic E-state index is 0.0879. The fraction of sp³-hybridized carbons (Fsp3) is 0.135. The monoisotopic (exact) mass is 534 g/mol. The van der Waals surface area contributed by atoms with E-state index in [1.807, 2.05) is 30.4 Å². The van der Waals surface area contributed by atoms with Gasteiger partial charge in [0.2, 0.25) is 0 Å². The largest absolute Gasteiger partial charge is 0.313 e. The summed E-state index contributed by atoms with van der Waals surface area (Å²) < 4.78 is 4.46. The molecule has 41 heavy (non-hydrogen) atoms. The molecule has 0 fully saturated rings. The first kappa shape index (κ1) is 26.3. The van der Waals surface area contributed by atoms with E-state index in [-0.39, 0.29) is 5.41 Å². The summed E-state index contributed by atoms with van der Waals surface area (Å²) in [4.78, 5) is 0. The van der Waals surface area contributed by atoms with Crippen molar-refractivity contribution in [2.45, 2.75) is 33.1 Å².